The van der Waals surface area contributed by atoms with E-state index in [2.05, 4.69) is 23.2 Å². The van der Waals surface area contributed by atoms with Crippen LogP contribution in [0.3, 0.4) is 0 Å². The van der Waals surface area contributed by atoms with Crippen molar-refractivity contribution in [1.82, 2.24) is 10.2 Å². The van der Waals surface area contributed by atoms with E-state index in [1.165, 1.54) is 19.3 Å². The molecule has 1 aromatic rings. The summed E-state index contributed by atoms with van der Waals surface area (Å²) in [6.45, 7) is 6.72. The van der Waals surface area contributed by atoms with E-state index in [9.17, 15) is 0 Å². The SMILES string of the molecule is CCCC[C@@H](c1ccco1)N1CCNCC1. The summed E-state index contributed by atoms with van der Waals surface area (Å²) in [6, 6.07) is 4.59. The molecule has 90 valence electrons. The van der Waals surface area contributed by atoms with Gasteiger partial charge < -0.3 is 9.73 Å². The van der Waals surface area contributed by atoms with Gasteiger partial charge in [0.2, 0.25) is 0 Å². The summed E-state index contributed by atoms with van der Waals surface area (Å²) in [7, 11) is 0. The Bertz CT molecular complexity index is 278. The maximum Gasteiger partial charge on any atom is 0.120 e. The molecule has 0 aliphatic carbocycles. The average Bonchev–Trinajstić information content (AvgIpc) is 2.85. The van der Waals surface area contributed by atoms with Gasteiger partial charge in [0.25, 0.3) is 0 Å². The van der Waals surface area contributed by atoms with Crippen LogP contribution in [0.15, 0.2) is 22.8 Å². The number of unbranched alkanes of at least 4 members (excludes halogenated alkanes) is 1. The topological polar surface area (TPSA) is 28.4 Å². The van der Waals surface area contributed by atoms with Crippen LogP contribution >= 0.6 is 0 Å². The minimum Gasteiger partial charge on any atom is -0.468 e. The molecule has 0 aromatic carbocycles. The monoisotopic (exact) mass is 222 g/mol. The highest BCUT2D eigenvalue weighted by Crippen LogP contribution is 2.26. The molecule has 3 nitrogen and oxygen atoms in total. The van der Waals surface area contributed by atoms with Crippen molar-refractivity contribution in [1.29, 1.82) is 0 Å². The lowest BCUT2D eigenvalue weighted by atomic mass is 10.0. The van der Waals surface area contributed by atoms with Crippen LogP contribution in [0.1, 0.15) is 38.0 Å². The predicted molar refractivity (Wildman–Crippen MR) is 65.4 cm³/mol. The van der Waals surface area contributed by atoms with Crippen LogP contribution in [-0.4, -0.2) is 31.1 Å². The Morgan fingerprint density at radius 2 is 2.25 bits per heavy atom. The standard InChI is InChI=1S/C13H22N2O/c1-2-3-5-12(13-6-4-11-16-13)15-9-7-14-8-10-15/h4,6,11-12,14H,2-3,5,7-10H2,1H3/t12-/m0/s1. The Morgan fingerprint density at radius 3 is 2.88 bits per heavy atom. The molecule has 1 N–H and O–H groups in total. The molecule has 2 rings (SSSR count). The number of hydrogen-bond acceptors (Lipinski definition) is 3. The summed E-state index contributed by atoms with van der Waals surface area (Å²) in [5.74, 6) is 1.13. The van der Waals surface area contributed by atoms with Crippen LogP contribution in [0.2, 0.25) is 0 Å². The average molecular weight is 222 g/mol. The highest BCUT2D eigenvalue weighted by molar-refractivity contribution is 5.05. The molecule has 0 radical (unpaired) electrons. The number of nitrogens with one attached hydrogen (secondary N) is 1. The Balaban J connectivity index is 2.01. The van der Waals surface area contributed by atoms with E-state index in [1.54, 1.807) is 6.26 Å². The lowest BCUT2D eigenvalue weighted by Gasteiger charge is -2.33. The summed E-state index contributed by atoms with van der Waals surface area (Å²) in [6.07, 6.45) is 5.53. The van der Waals surface area contributed by atoms with Gasteiger partial charge in [0.1, 0.15) is 5.76 Å². The van der Waals surface area contributed by atoms with Crippen molar-refractivity contribution in [3.8, 4) is 0 Å². The van der Waals surface area contributed by atoms with E-state index in [4.69, 9.17) is 4.42 Å². The van der Waals surface area contributed by atoms with Gasteiger partial charge in [-0.3, -0.25) is 4.90 Å². The Labute approximate surface area is 97.8 Å². The summed E-state index contributed by atoms with van der Waals surface area (Å²) >= 11 is 0. The van der Waals surface area contributed by atoms with Gasteiger partial charge in [-0.05, 0) is 18.6 Å². The zero-order valence-corrected chi connectivity index (χ0v) is 10.1. The van der Waals surface area contributed by atoms with Crippen LogP contribution in [0.4, 0.5) is 0 Å². The highest BCUT2D eigenvalue weighted by atomic mass is 16.3. The lowest BCUT2D eigenvalue weighted by molar-refractivity contribution is 0.144. The zero-order valence-electron chi connectivity index (χ0n) is 10.1. The molecule has 0 spiro atoms. The molecule has 3 heteroatoms. The van der Waals surface area contributed by atoms with Gasteiger partial charge in [-0.15, -0.1) is 0 Å². The molecule has 0 amide bonds. The maximum atomic E-state index is 5.58. The van der Waals surface area contributed by atoms with Gasteiger partial charge in [0.05, 0.1) is 12.3 Å². The molecule has 1 saturated heterocycles. The first-order valence-corrected chi connectivity index (χ1v) is 6.40. The van der Waals surface area contributed by atoms with Crippen LogP contribution in [0.25, 0.3) is 0 Å². The summed E-state index contributed by atoms with van der Waals surface area (Å²) < 4.78 is 5.58. The van der Waals surface area contributed by atoms with Crippen molar-refractivity contribution in [2.45, 2.75) is 32.2 Å². The predicted octanol–water partition coefficient (Wildman–Crippen LogP) is 2.42. The minimum absolute atomic E-state index is 0.483. The number of rotatable bonds is 5. The van der Waals surface area contributed by atoms with Gasteiger partial charge in [-0.2, -0.15) is 0 Å². The van der Waals surface area contributed by atoms with Gasteiger partial charge in [-0.25, -0.2) is 0 Å². The third kappa shape index (κ3) is 2.86. The Morgan fingerprint density at radius 1 is 1.44 bits per heavy atom. The van der Waals surface area contributed by atoms with Crippen LogP contribution in [-0.2, 0) is 0 Å². The van der Waals surface area contributed by atoms with E-state index in [1.807, 2.05) is 6.07 Å². The molecular weight excluding hydrogens is 200 g/mol. The first-order valence-electron chi connectivity index (χ1n) is 6.40. The Kier molecular flexibility index (Phi) is 4.43. The van der Waals surface area contributed by atoms with Crippen LogP contribution in [0, 0.1) is 0 Å². The quantitative estimate of drug-likeness (QED) is 0.829. The molecule has 0 saturated carbocycles. The van der Waals surface area contributed by atoms with Crippen molar-refractivity contribution in [3.05, 3.63) is 24.2 Å². The summed E-state index contributed by atoms with van der Waals surface area (Å²) in [5.41, 5.74) is 0. The third-order valence-electron chi connectivity index (χ3n) is 3.30. The lowest BCUT2D eigenvalue weighted by Crippen LogP contribution is -2.45. The van der Waals surface area contributed by atoms with E-state index >= 15 is 0 Å². The molecule has 0 bridgehead atoms. The van der Waals surface area contributed by atoms with E-state index < -0.39 is 0 Å². The fraction of sp³-hybridized carbons (Fsp3) is 0.692. The van der Waals surface area contributed by atoms with E-state index in [0.29, 0.717) is 6.04 Å². The summed E-state index contributed by atoms with van der Waals surface area (Å²) in [5, 5.41) is 3.40. The molecule has 1 aliphatic rings. The first-order chi connectivity index (χ1) is 7.92. The first kappa shape index (κ1) is 11.7. The Hall–Kier alpha value is -0.800. The van der Waals surface area contributed by atoms with Crippen LogP contribution in [0.5, 0.6) is 0 Å². The van der Waals surface area contributed by atoms with E-state index in [0.717, 1.165) is 31.9 Å². The maximum absolute atomic E-state index is 5.58. The number of hydrogen-bond donors (Lipinski definition) is 1. The minimum atomic E-state index is 0.483. The fourth-order valence-corrected chi connectivity index (χ4v) is 2.38. The zero-order chi connectivity index (χ0) is 11.2. The number of piperazine rings is 1. The van der Waals surface area contributed by atoms with Crippen molar-refractivity contribution in [2.24, 2.45) is 0 Å². The largest absolute Gasteiger partial charge is 0.468 e. The van der Waals surface area contributed by atoms with Crippen molar-refractivity contribution in [3.63, 3.8) is 0 Å². The summed E-state index contributed by atoms with van der Waals surface area (Å²) in [4.78, 5) is 2.55. The smallest absolute Gasteiger partial charge is 0.120 e. The second kappa shape index (κ2) is 6.06. The van der Waals surface area contributed by atoms with Gasteiger partial charge in [-0.1, -0.05) is 19.8 Å². The normalized spacial score (nSPS) is 19.8. The molecule has 1 fully saturated rings. The van der Waals surface area contributed by atoms with Crippen LogP contribution < -0.4 is 5.32 Å². The number of nitrogens with zero attached hydrogens (tertiary/aromatic N) is 1. The second-order valence-electron chi connectivity index (χ2n) is 4.46. The highest BCUT2D eigenvalue weighted by Gasteiger charge is 2.23. The molecule has 2 heterocycles. The van der Waals surface area contributed by atoms with Crippen molar-refractivity contribution >= 4 is 0 Å². The molecule has 1 aliphatic heterocycles. The fourth-order valence-electron chi connectivity index (χ4n) is 2.38. The third-order valence-corrected chi connectivity index (χ3v) is 3.30. The number of furan rings is 1. The van der Waals surface area contributed by atoms with E-state index in [-0.39, 0.29) is 0 Å². The van der Waals surface area contributed by atoms with Crippen molar-refractivity contribution in [2.75, 3.05) is 26.2 Å². The van der Waals surface area contributed by atoms with Gasteiger partial charge >= 0.3 is 0 Å². The molecule has 0 unspecified atom stereocenters. The molecular formula is C13H22N2O. The molecule has 1 atom stereocenters. The van der Waals surface area contributed by atoms with Crippen molar-refractivity contribution < 1.29 is 4.42 Å². The molecule has 1 aromatic heterocycles. The molecule has 16 heavy (non-hydrogen) atoms. The van der Waals surface area contributed by atoms with Gasteiger partial charge in [0.15, 0.2) is 0 Å². The van der Waals surface area contributed by atoms with Gasteiger partial charge in [0, 0.05) is 26.2 Å². The second-order valence-corrected chi connectivity index (χ2v) is 4.46.